The van der Waals surface area contributed by atoms with Crippen molar-refractivity contribution in [2.75, 3.05) is 0 Å². The van der Waals surface area contributed by atoms with Crippen molar-refractivity contribution in [2.45, 2.75) is 6.92 Å². The minimum atomic E-state index is -2.33. The molecule has 0 saturated heterocycles. The topological polar surface area (TPSA) is 80.3 Å². The van der Waals surface area contributed by atoms with E-state index in [-0.39, 0.29) is 59.1 Å². The van der Waals surface area contributed by atoms with Crippen molar-refractivity contribution in [1.29, 1.82) is 0 Å². The molecule has 0 rings (SSSR count). The molecule has 6 heteroatoms. The Bertz CT molecular complexity index is 60.8. The Balaban J connectivity index is -0.0000000233. The van der Waals surface area contributed by atoms with Gasteiger partial charge in [-0.05, 0) is 13.1 Å². The standard InChI is InChI=1S/C2H4O.CH2O3.2Na/c1-2-3;2-1(3)4;;/h2H,1H3;(H2,2,3,4);;/q;;2*+1/p-2. The Labute approximate surface area is 97.2 Å². The number of hydrogen-bond acceptors (Lipinski definition) is 4. The van der Waals surface area contributed by atoms with Gasteiger partial charge in [-0.25, -0.2) is 0 Å². The second-order valence-corrected chi connectivity index (χ2v) is 0.486. The van der Waals surface area contributed by atoms with E-state index in [2.05, 4.69) is 0 Å². The normalized spacial score (nSPS) is 4.11. The second-order valence-electron chi connectivity index (χ2n) is 0.486. The molecule has 0 spiro atoms. The third kappa shape index (κ3) is 487. The first kappa shape index (κ1) is 22.5. The molecule has 0 aliphatic carbocycles. The molecule has 0 unspecified atom stereocenters. The van der Waals surface area contributed by atoms with Gasteiger partial charge >= 0.3 is 59.1 Å². The van der Waals surface area contributed by atoms with Crippen molar-refractivity contribution in [1.82, 2.24) is 0 Å². The molecule has 0 aromatic rings. The summed E-state index contributed by atoms with van der Waals surface area (Å²) in [5.41, 5.74) is 0. The number of rotatable bonds is 0. The van der Waals surface area contributed by atoms with Crippen LogP contribution in [0.1, 0.15) is 6.92 Å². The van der Waals surface area contributed by atoms with Crippen molar-refractivity contribution in [2.24, 2.45) is 0 Å². The van der Waals surface area contributed by atoms with Gasteiger partial charge in [-0.15, -0.1) is 0 Å². The van der Waals surface area contributed by atoms with Gasteiger partial charge in [0.1, 0.15) is 6.29 Å². The van der Waals surface area contributed by atoms with Crippen molar-refractivity contribution in [3.05, 3.63) is 0 Å². The van der Waals surface area contributed by atoms with Crippen LogP contribution in [-0.4, -0.2) is 12.4 Å². The zero-order chi connectivity index (χ0) is 6.28. The smallest absolute Gasteiger partial charge is 0.652 e. The monoisotopic (exact) mass is 150 g/mol. The van der Waals surface area contributed by atoms with E-state index in [1.807, 2.05) is 0 Å². The number of carbonyl (C=O) groups excluding carboxylic acids is 2. The molecular weight excluding hydrogens is 146 g/mol. The van der Waals surface area contributed by atoms with E-state index in [1.165, 1.54) is 6.92 Å². The van der Waals surface area contributed by atoms with Crippen molar-refractivity contribution >= 4 is 12.4 Å². The molecule has 0 heterocycles. The predicted octanol–water partition coefficient (Wildman–Crippen LogP) is -8.23. The third-order valence-corrected chi connectivity index (χ3v) is 0. The number of carbonyl (C=O) groups is 2. The average molecular weight is 150 g/mol. The Morgan fingerprint density at radius 1 is 1.33 bits per heavy atom. The summed E-state index contributed by atoms with van der Waals surface area (Å²) < 4.78 is 0. The van der Waals surface area contributed by atoms with Crippen molar-refractivity contribution in [3.63, 3.8) is 0 Å². The van der Waals surface area contributed by atoms with Gasteiger partial charge in [0, 0.05) is 0 Å². The number of aldehydes is 1. The average Bonchev–Trinajstić information content (AvgIpc) is 1.33. The molecule has 9 heavy (non-hydrogen) atoms. The Kier molecular flexibility index (Phi) is 57.8. The van der Waals surface area contributed by atoms with E-state index in [0.29, 0.717) is 0 Å². The largest absolute Gasteiger partial charge is 1.00 e. The zero-order valence-electron chi connectivity index (χ0n) is 5.71. The molecule has 0 N–H and O–H groups in total. The van der Waals surface area contributed by atoms with Crippen LogP contribution in [-0.2, 0) is 4.79 Å². The van der Waals surface area contributed by atoms with E-state index < -0.39 is 6.16 Å². The van der Waals surface area contributed by atoms with E-state index in [1.54, 1.807) is 0 Å². The van der Waals surface area contributed by atoms with E-state index in [9.17, 15) is 0 Å². The first-order valence-corrected chi connectivity index (χ1v) is 1.43. The molecule has 0 atom stereocenters. The quantitative estimate of drug-likeness (QED) is 0.253. The number of hydrogen-bond donors (Lipinski definition) is 0. The minimum absolute atomic E-state index is 0. The van der Waals surface area contributed by atoms with Crippen LogP contribution in [0.3, 0.4) is 0 Å². The van der Waals surface area contributed by atoms with E-state index in [0.717, 1.165) is 6.29 Å². The van der Waals surface area contributed by atoms with Crippen LogP contribution >= 0.6 is 0 Å². The molecule has 0 aromatic heterocycles. The molecule has 0 radical (unpaired) electrons. The zero-order valence-corrected chi connectivity index (χ0v) is 9.71. The summed E-state index contributed by atoms with van der Waals surface area (Å²) in [6, 6.07) is 0. The second kappa shape index (κ2) is 23.1. The van der Waals surface area contributed by atoms with Gasteiger partial charge in [-0.1, -0.05) is 0 Å². The van der Waals surface area contributed by atoms with E-state index in [4.69, 9.17) is 19.8 Å². The van der Waals surface area contributed by atoms with Crippen LogP contribution in [0.4, 0.5) is 4.79 Å². The van der Waals surface area contributed by atoms with Gasteiger partial charge < -0.3 is 19.8 Å². The molecule has 0 fully saturated rings. The van der Waals surface area contributed by atoms with Gasteiger partial charge in [-0.2, -0.15) is 0 Å². The third-order valence-electron chi connectivity index (χ3n) is 0. The number of carboxylic acid groups (broad SMARTS) is 2. The van der Waals surface area contributed by atoms with Gasteiger partial charge in [0.2, 0.25) is 0 Å². The molecule has 0 bridgehead atoms. The molecule has 42 valence electrons. The van der Waals surface area contributed by atoms with Crippen LogP contribution in [0, 0.1) is 0 Å². The maximum Gasteiger partial charge on any atom is 1.00 e. The first-order valence-electron chi connectivity index (χ1n) is 1.43. The summed E-state index contributed by atoms with van der Waals surface area (Å²) in [6.07, 6.45) is -1.58. The summed E-state index contributed by atoms with van der Waals surface area (Å²) in [5.74, 6) is 0. The minimum Gasteiger partial charge on any atom is -0.652 e. The van der Waals surface area contributed by atoms with Gasteiger partial charge in [0.05, 0.1) is 0 Å². The van der Waals surface area contributed by atoms with Crippen LogP contribution in [0.25, 0.3) is 0 Å². The molecule has 0 amide bonds. The van der Waals surface area contributed by atoms with Gasteiger partial charge in [0.15, 0.2) is 0 Å². The van der Waals surface area contributed by atoms with Crippen LogP contribution in [0.2, 0.25) is 0 Å². The van der Waals surface area contributed by atoms with Crippen molar-refractivity contribution < 1.29 is 78.9 Å². The van der Waals surface area contributed by atoms with Gasteiger partial charge in [0.25, 0.3) is 0 Å². The summed E-state index contributed by atoms with van der Waals surface area (Å²) in [4.78, 5) is 17.1. The molecule has 0 aliphatic rings. The Morgan fingerprint density at radius 2 is 1.33 bits per heavy atom. The summed E-state index contributed by atoms with van der Waals surface area (Å²) >= 11 is 0. The predicted molar refractivity (Wildman–Crippen MR) is 17.1 cm³/mol. The summed E-state index contributed by atoms with van der Waals surface area (Å²) in [5, 5.41) is 16.7. The fourth-order valence-electron chi connectivity index (χ4n) is 0. The maximum atomic E-state index is 8.81. The summed E-state index contributed by atoms with van der Waals surface area (Å²) in [6.45, 7) is 1.44. The first-order chi connectivity index (χ1) is 3.15. The summed E-state index contributed by atoms with van der Waals surface area (Å²) in [7, 11) is 0. The SMILES string of the molecule is CC=O.O=C([O-])[O-].[Na+].[Na+]. The van der Waals surface area contributed by atoms with Crippen molar-refractivity contribution in [3.8, 4) is 0 Å². The van der Waals surface area contributed by atoms with Crippen LogP contribution in [0.5, 0.6) is 0 Å². The molecule has 0 aromatic carbocycles. The van der Waals surface area contributed by atoms with Gasteiger partial charge in [-0.3, -0.25) is 0 Å². The molecular formula is C3H4Na2O4. The van der Waals surface area contributed by atoms with Crippen LogP contribution in [0.15, 0.2) is 0 Å². The Morgan fingerprint density at radius 3 is 1.33 bits per heavy atom. The Hall–Kier alpha value is 0.940. The van der Waals surface area contributed by atoms with Crippen LogP contribution < -0.4 is 69.3 Å². The molecule has 0 saturated carbocycles. The maximum absolute atomic E-state index is 8.81. The fraction of sp³-hybridized carbons (Fsp3) is 0.333. The van der Waals surface area contributed by atoms with E-state index >= 15 is 0 Å². The fourth-order valence-corrected chi connectivity index (χ4v) is 0. The molecule has 4 nitrogen and oxygen atoms in total. The molecule has 0 aliphatic heterocycles.